The van der Waals surface area contributed by atoms with Crippen molar-refractivity contribution in [2.24, 2.45) is 0 Å². The van der Waals surface area contributed by atoms with Gasteiger partial charge in [-0.05, 0) is 19.1 Å². The molecule has 0 saturated heterocycles. The molecule has 0 aliphatic rings. The Labute approximate surface area is 144 Å². The number of ether oxygens (including phenoxy) is 1. The Balaban J connectivity index is 2.03. The van der Waals surface area contributed by atoms with Gasteiger partial charge in [-0.25, -0.2) is 4.79 Å². The second-order valence-electron chi connectivity index (χ2n) is 5.11. The highest BCUT2D eigenvalue weighted by Gasteiger charge is 2.16. The van der Waals surface area contributed by atoms with E-state index in [1.54, 1.807) is 19.1 Å². The van der Waals surface area contributed by atoms with Gasteiger partial charge in [0.05, 0.1) is 6.61 Å². The number of aromatic nitrogens is 3. The molecule has 5 nitrogen and oxygen atoms in total. The molecule has 122 valence electrons. The Kier molecular flexibility index (Phi) is 4.91. The Morgan fingerprint density at radius 2 is 1.58 bits per heavy atom. The normalized spacial score (nSPS) is 10.6. The van der Waals surface area contributed by atoms with Crippen LogP contribution in [0, 0.1) is 0 Å². The van der Waals surface area contributed by atoms with Crippen molar-refractivity contribution in [2.75, 3.05) is 6.61 Å². The number of carbonyl (C=O) groups excluding carboxylic acids is 1. The molecule has 0 spiro atoms. The smallest absolute Gasteiger partial charge is 0.329 e. The minimum Gasteiger partial charge on any atom is -0.465 e. The predicted octanol–water partition coefficient (Wildman–Crippen LogP) is 3.83. The van der Waals surface area contributed by atoms with E-state index in [-0.39, 0.29) is 12.5 Å². The predicted molar refractivity (Wildman–Crippen MR) is 92.5 cm³/mol. The van der Waals surface area contributed by atoms with Crippen molar-refractivity contribution < 1.29 is 9.53 Å². The van der Waals surface area contributed by atoms with Crippen LogP contribution in [0.5, 0.6) is 0 Å². The van der Waals surface area contributed by atoms with Gasteiger partial charge < -0.3 is 4.74 Å². The van der Waals surface area contributed by atoms with E-state index in [4.69, 9.17) is 16.3 Å². The number of benzene rings is 2. The van der Waals surface area contributed by atoms with E-state index >= 15 is 0 Å². The van der Waals surface area contributed by atoms with Crippen LogP contribution in [-0.4, -0.2) is 27.6 Å². The van der Waals surface area contributed by atoms with Gasteiger partial charge in [0.2, 0.25) is 0 Å². The summed E-state index contributed by atoms with van der Waals surface area (Å²) in [5, 5.41) is 9.60. The Bertz CT molecular complexity index is 829. The van der Waals surface area contributed by atoms with Gasteiger partial charge >= 0.3 is 5.97 Å². The summed E-state index contributed by atoms with van der Waals surface area (Å²) in [6, 6.07) is 17.1. The Morgan fingerprint density at radius 1 is 1.00 bits per heavy atom. The molecule has 24 heavy (non-hydrogen) atoms. The molecule has 0 N–H and O–H groups in total. The second-order valence-corrected chi connectivity index (χ2v) is 5.54. The van der Waals surface area contributed by atoms with Crippen molar-refractivity contribution >= 4 is 17.6 Å². The SMILES string of the molecule is CCOC(=O)Cn1nc(-c2ccccc2)c(-c2ccc(Cl)cc2)n1. The van der Waals surface area contributed by atoms with Crippen molar-refractivity contribution in [3.05, 3.63) is 59.6 Å². The summed E-state index contributed by atoms with van der Waals surface area (Å²) in [5.74, 6) is -0.366. The molecule has 0 aliphatic heterocycles. The van der Waals surface area contributed by atoms with Gasteiger partial charge in [0.15, 0.2) is 6.54 Å². The van der Waals surface area contributed by atoms with Crippen LogP contribution in [0.25, 0.3) is 22.5 Å². The highest BCUT2D eigenvalue weighted by atomic mass is 35.5. The molecule has 6 heteroatoms. The van der Waals surface area contributed by atoms with Gasteiger partial charge in [0, 0.05) is 16.1 Å². The summed E-state index contributed by atoms with van der Waals surface area (Å²) in [6.07, 6.45) is 0. The lowest BCUT2D eigenvalue weighted by molar-refractivity contribution is -0.144. The fraction of sp³-hybridized carbons (Fsp3) is 0.167. The van der Waals surface area contributed by atoms with E-state index in [9.17, 15) is 4.79 Å². The number of rotatable bonds is 5. The standard InChI is InChI=1S/C18H16ClN3O2/c1-2-24-16(23)12-22-20-17(13-6-4-3-5-7-13)18(21-22)14-8-10-15(19)11-9-14/h3-11H,2,12H2,1H3. The summed E-state index contributed by atoms with van der Waals surface area (Å²) >= 11 is 5.96. The molecular weight excluding hydrogens is 326 g/mol. The van der Waals surface area contributed by atoms with Crippen LogP contribution in [0.15, 0.2) is 54.6 Å². The summed E-state index contributed by atoms with van der Waals surface area (Å²) in [5.41, 5.74) is 3.22. The van der Waals surface area contributed by atoms with Crippen molar-refractivity contribution in [2.45, 2.75) is 13.5 Å². The first-order chi connectivity index (χ1) is 11.7. The summed E-state index contributed by atoms with van der Waals surface area (Å²) in [4.78, 5) is 13.1. The molecule has 0 fully saturated rings. The molecule has 2 aromatic carbocycles. The number of halogens is 1. The first kappa shape index (κ1) is 16.2. The van der Waals surface area contributed by atoms with E-state index in [1.165, 1.54) is 4.80 Å². The molecule has 0 amide bonds. The summed E-state index contributed by atoms with van der Waals surface area (Å²) in [7, 11) is 0. The number of hydrogen-bond donors (Lipinski definition) is 0. The third kappa shape index (κ3) is 3.63. The van der Waals surface area contributed by atoms with Crippen LogP contribution in [0.2, 0.25) is 5.02 Å². The quantitative estimate of drug-likeness (QED) is 0.662. The van der Waals surface area contributed by atoms with E-state index in [0.717, 1.165) is 11.1 Å². The van der Waals surface area contributed by atoms with Crippen LogP contribution in [-0.2, 0) is 16.1 Å². The number of carbonyl (C=O) groups is 1. The minimum absolute atomic E-state index is 0.0265. The zero-order chi connectivity index (χ0) is 16.9. The Hall–Kier alpha value is -2.66. The molecule has 0 atom stereocenters. The van der Waals surface area contributed by atoms with Crippen LogP contribution in [0.4, 0.5) is 0 Å². The third-order valence-electron chi connectivity index (χ3n) is 3.40. The second kappa shape index (κ2) is 7.27. The highest BCUT2D eigenvalue weighted by molar-refractivity contribution is 6.30. The van der Waals surface area contributed by atoms with Crippen LogP contribution < -0.4 is 0 Å². The van der Waals surface area contributed by atoms with Crippen molar-refractivity contribution in [1.82, 2.24) is 15.0 Å². The summed E-state index contributed by atoms with van der Waals surface area (Å²) in [6.45, 7) is 2.07. The molecule has 0 saturated carbocycles. The van der Waals surface area contributed by atoms with Crippen LogP contribution >= 0.6 is 11.6 Å². The van der Waals surface area contributed by atoms with Gasteiger partial charge in [-0.1, -0.05) is 54.1 Å². The maximum atomic E-state index is 11.7. The van der Waals surface area contributed by atoms with Gasteiger partial charge in [-0.15, -0.1) is 0 Å². The monoisotopic (exact) mass is 341 g/mol. The lowest BCUT2D eigenvalue weighted by Gasteiger charge is -2.01. The maximum absolute atomic E-state index is 11.7. The molecule has 1 heterocycles. The van der Waals surface area contributed by atoms with Crippen molar-refractivity contribution in [1.29, 1.82) is 0 Å². The first-order valence-electron chi connectivity index (χ1n) is 7.59. The Morgan fingerprint density at radius 3 is 2.17 bits per heavy atom. The third-order valence-corrected chi connectivity index (χ3v) is 3.65. The minimum atomic E-state index is -0.366. The van der Waals surface area contributed by atoms with Gasteiger partial charge in [0.1, 0.15) is 11.4 Å². The number of esters is 1. The number of hydrogen-bond acceptors (Lipinski definition) is 4. The maximum Gasteiger partial charge on any atom is 0.329 e. The molecule has 3 aromatic rings. The zero-order valence-electron chi connectivity index (χ0n) is 13.1. The topological polar surface area (TPSA) is 57.0 Å². The van der Waals surface area contributed by atoms with Crippen LogP contribution in [0.1, 0.15) is 6.92 Å². The van der Waals surface area contributed by atoms with E-state index in [1.807, 2.05) is 42.5 Å². The largest absolute Gasteiger partial charge is 0.465 e. The fourth-order valence-electron chi connectivity index (χ4n) is 2.33. The molecule has 1 aromatic heterocycles. The molecule has 0 radical (unpaired) electrons. The number of nitrogens with zero attached hydrogens (tertiary/aromatic N) is 3. The summed E-state index contributed by atoms with van der Waals surface area (Å²) < 4.78 is 4.96. The highest BCUT2D eigenvalue weighted by Crippen LogP contribution is 2.29. The van der Waals surface area contributed by atoms with Crippen LogP contribution in [0.3, 0.4) is 0 Å². The average Bonchev–Trinajstić information content (AvgIpc) is 3.00. The van der Waals surface area contributed by atoms with Gasteiger partial charge in [-0.2, -0.15) is 15.0 Å². The molecule has 3 rings (SSSR count). The lowest BCUT2D eigenvalue weighted by atomic mass is 10.1. The fourth-order valence-corrected chi connectivity index (χ4v) is 2.46. The van der Waals surface area contributed by atoms with Crippen molar-refractivity contribution in [3.63, 3.8) is 0 Å². The molecule has 0 aliphatic carbocycles. The van der Waals surface area contributed by atoms with E-state index < -0.39 is 0 Å². The van der Waals surface area contributed by atoms with E-state index in [0.29, 0.717) is 23.0 Å². The zero-order valence-corrected chi connectivity index (χ0v) is 13.9. The lowest BCUT2D eigenvalue weighted by Crippen LogP contribution is -2.15. The first-order valence-corrected chi connectivity index (χ1v) is 7.97. The molecule has 0 bridgehead atoms. The molecule has 0 unspecified atom stereocenters. The van der Waals surface area contributed by atoms with Gasteiger partial charge in [-0.3, -0.25) is 0 Å². The van der Waals surface area contributed by atoms with Gasteiger partial charge in [0.25, 0.3) is 0 Å². The van der Waals surface area contributed by atoms with E-state index in [2.05, 4.69) is 10.2 Å². The average molecular weight is 342 g/mol. The van der Waals surface area contributed by atoms with Crippen molar-refractivity contribution in [3.8, 4) is 22.5 Å². The molecular formula is C18H16ClN3O2.